The third kappa shape index (κ3) is 4.54. The van der Waals surface area contributed by atoms with Gasteiger partial charge in [-0.25, -0.2) is 22.7 Å². The van der Waals surface area contributed by atoms with Crippen LogP contribution in [0.2, 0.25) is 0 Å². The number of sulfonamides is 1. The van der Waals surface area contributed by atoms with Gasteiger partial charge in [-0.2, -0.15) is 0 Å². The smallest absolute Gasteiger partial charge is 0.257 e. The Hall–Kier alpha value is -1.82. The van der Waals surface area contributed by atoms with Crippen LogP contribution in [0.5, 0.6) is 0 Å². The fourth-order valence-electron chi connectivity index (χ4n) is 3.14. The second kappa shape index (κ2) is 8.05. The van der Waals surface area contributed by atoms with Crippen LogP contribution in [0.3, 0.4) is 0 Å². The Morgan fingerprint density at radius 2 is 1.89 bits per heavy atom. The third-order valence-electron chi connectivity index (χ3n) is 4.85. The molecule has 0 saturated carbocycles. The summed E-state index contributed by atoms with van der Waals surface area (Å²) in [5.41, 5.74) is 0.315. The molecular weight excluding hydrogens is 374 g/mol. The first-order valence-electron chi connectivity index (χ1n) is 8.80. The number of aromatic nitrogens is 2. The van der Waals surface area contributed by atoms with Gasteiger partial charge in [0.15, 0.2) is 0 Å². The van der Waals surface area contributed by atoms with Crippen molar-refractivity contribution in [1.29, 1.82) is 0 Å². The maximum Gasteiger partial charge on any atom is 0.257 e. The first-order chi connectivity index (χ1) is 12.8. The summed E-state index contributed by atoms with van der Waals surface area (Å²) in [6.45, 7) is 2.91. The predicted octanol–water partition coefficient (Wildman–Crippen LogP) is -1.36. The normalized spacial score (nSPS) is 23.9. The largest absolute Gasteiger partial charge is 0.391 e. The number of β-amino-alcohol motifs (C(OH)–C–C–N with tert-alkyl or cyclic N) is 1. The van der Waals surface area contributed by atoms with Crippen molar-refractivity contribution >= 4 is 21.9 Å². The molecule has 2 atom stereocenters. The van der Waals surface area contributed by atoms with E-state index in [1.807, 2.05) is 4.90 Å². The topological polar surface area (TPSA) is 116 Å². The molecule has 2 saturated heterocycles. The highest BCUT2D eigenvalue weighted by Gasteiger charge is 2.37. The molecule has 11 heteroatoms. The van der Waals surface area contributed by atoms with Gasteiger partial charge in [0.25, 0.3) is 5.91 Å². The van der Waals surface area contributed by atoms with E-state index in [1.165, 1.54) is 31.4 Å². The molecule has 0 aliphatic carbocycles. The first kappa shape index (κ1) is 19.9. The molecule has 10 nitrogen and oxygen atoms in total. The molecule has 27 heavy (non-hydrogen) atoms. The maximum atomic E-state index is 12.7. The molecule has 2 aliphatic heterocycles. The van der Waals surface area contributed by atoms with Gasteiger partial charge in [-0.3, -0.25) is 4.79 Å². The van der Waals surface area contributed by atoms with Gasteiger partial charge in [-0.15, -0.1) is 0 Å². The number of amides is 1. The van der Waals surface area contributed by atoms with Gasteiger partial charge in [0.05, 0.1) is 30.6 Å². The number of rotatable bonds is 5. The average molecular weight is 399 g/mol. The number of morpholine rings is 1. The fourth-order valence-corrected chi connectivity index (χ4v) is 4.31. The molecule has 0 unspecified atom stereocenters. The molecule has 150 valence electrons. The van der Waals surface area contributed by atoms with Gasteiger partial charge in [0.1, 0.15) is 0 Å². The number of hydrogen-bond donors (Lipinski definition) is 1. The van der Waals surface area contributed by atoms with E-state index < -0.39 is 22.0 Å². The molecule has 1 amide bonds. The molecule has 2 fully saturated rings. The van der Waals surface area contributed by atoms with Crippen LogP contribution in [0.1, 0.15) is 10.4 Å². The number of carbonyl (C=O) groups excluding carboxylic acids is 1. The Kier molecular flexibility index (Phi) is 5.94. The summed E-state index contributed by atoms with van der Waals surface area (Å²) in [7, 11) is -0.549. The molecule has 0 radical (unpaired) electrons. The maximum absolute atomic E-state index is 12.7. The van der Waals surface area contributed by atoms with Crippen LogP contribution in [-0.4, -0.2) is 104 Å². The number of hydrogen-bond acceptors (Lipinski definition) is 8. The number of carbonyl (C=O) groups is 1. The molecule has 0 aromatic carbocycles. The van der Waals surface area contributed by atoms with Crippen LogP contribution < -0.4 is 4.90 Å². The summed E-state index contributed by atoms with van der Waals surface area (Å²) in [6, 6.07) is 0. The minimum Gasteiger partial charge on any atom is -0.391 e. The molecule has 1 aromatic rings. The molecule has 0 bridgehead atoms. The Morgan fingerprint density at radius 1 is 1.26 bits per heavy atom. The molecule has 3 heterocycles. The highest BCUT2D eigenvalue weighted by Crippen LogP contribution is 2.22. The van der Waals surface area contributed by atoms with Crippen molar-refractivity contribution in [3.63, 3.8) is 0 Å². The van der Waals surface area contributed by atoms with Crippen molar-refractivity contribution in [2.24, 2.45) is 5.92 Å². The van der Waals surface area contributed by atoms with Crippen LogP contribution in [0.15, 0.2) is 12.4 Å². The lowest BCUT2D eigenvalue weighted by Crippen LogP contribution is -2.37. The van der Waals surface area contributed by atoms with Crippen molar-refractivity contribution in [1.82, 2.24) is 19.2 Å². The van der Waals surface area contributed by atoms with Gasteiger partial charge in [0.2, 0.25) is 16.0 Å². The quantitative estimate of drug-likeness (QED) is 0.645. The summed E-state index contributed by atoms with van der Waals surface area (Å²) < 4.78 is 30.5. The lowest BCUT2D eigenvalue weighted by molar-refractivity contribution is 0.0764. The molecular formula is C16H25N5O5S. The standard InChI is InChI=1S/C16H25N5O5S/c1-19(2)27(24,25)11-13-9-21(10-14(13)22)15(23)12-7-17-16(18-8-12)20-3-5-26-6-4-20/h7-8,13-14,22H,3-6,9-11H2,1-2H3/t13-,14+/m0/s1. The minimum atomic E-state index is -3.45. The monoisotopic (exact) mass is 399 g/mol. The predicted molar refractivity (Wildman–Crippen MR) is 97.9 cm³/mol. The number of aliphatic hydroxyl groups is 1. The van der Waals surface area contributed by atoms with Crippen molar-refractivity contribution < 1.29 is 23.1 Å². The first-order valence-corrected chi connectivity index (χ1v) is 10.4. The summed E-state index contributed by atoms with van der Waals surface area (Å²) >= 11 is 0. The van der Waals surface area contributed by atoms with Crippen molar-refractivity contribution in [3.8, 4) is 0 Å². The van der Waals surface area contributed by atoms with Crippen LogP contribution in [0.25, 0.3) is 0 Å². The zero-order chi connectivity index (χ0) is 19.6. The van der Waals surface area contributed by atoms with Crippen LogP contribution in [-0.2, 0) is 14.8 Å². The molecule has 0 spiro atoms. The zero-order valence-corrected chi connectivity index (χ0v) is 16.3. The van der Waals surface area contributed by atoms with Gasteiger partial charge in [-0.1, -0.05) is 0 Å². The lowest BCUT2D eigenvalue weighted by Gasteiger charge is -2.26. The van der Waals surface area contributed by atoms with Gasteiger partial charge in [-0.05, 0) is 0 Å². The number of ether oxygens (including phenoxy) is 1. The van der Waals surface area contributed by atoms with Crippen LogP contribution in [0.4, 0.5) is 5.95 Å². The highest BCUT2D eigenvalue weighted by atomic mass is 32.2. The molecule has 1 aromatic heterocycles. The molecule has 2 aliphatic rings. The summed E-state index contributed by atoms with van der Waals surface area (Å²) in [4.78, 5) is 24.6. The average Bonchev–Trinajstić information content (AvgIpc) is 3.02. The second-order valence-corrected chi connectivity index (χ2v) is 9.20. The van der Waals surface area contributed by atoms with E-state index in [0.29, 0.717) is 37.8 Å². The van der Waals surface area contributed by atoms with Crippen molar-refractivity contribution in [2.45, 2.75) is 6.10 Å². The number of anilines is 1. The minimum absolute atomic E-state index is 0.0949. The van der Waals surface area contributed by atoms with Gasteiger partial charge >= 0.3 is 0 Å². The van der Waals surface area contributed by atoms with E-state index in [-0.39, 0.29) is 24.7 Å². The Morgan fingerprint density at radius 3 is 2.48 bits per heavy atom. The Balaban J connectivity index is 1.64. The van der Waals surface area contributed by atoms with E-state index in [9.17, 15) is 18.3 Å². The van der Waals surface area contributed by atoms with Crippen LogP contribution >= 0.6 is 0 Å². The van der Waals surface area contributed by atoms with Crippen LogP contribution in [0, 0.1) is 5.92 Å². The number of likely N-dealkylation sites (tertiary alicyclic amines) is 1. The van der Waals surface area contributed by atoms with E-state index in [2.05, 4.69) is 9.97 Å². The van der Waals surface area contributed by atoms with Crippen molar-refractivity contribution in [2.75, 3.05) is 64.1 Å². The summed E-state index contributed by atoms with van der Waals surface area (Å²) in [5.74, 6) is -0.481. The highest BCUT2D eigenvalue weighted by molar-refractivity contribution is 7.89. The van der Waals surface area contributed by atoms with E-state index in [4.69, 9.17) is 4.74 Å². The second-order valence-electron chi connectivity index (χ2n) is 6.97. The zero-order valence-electron chi connectivity index (χ0n) is 15.5. The number of aliphatic hydroxyl groups excluding tert-OH is 1. The number of nitrogens with zero attached hydrogens (tertiary/aromatic N) is 5. The Bertz CT molecular complexity index is 764. The summed E-state index contributed by atoms with van der Waals surface area (Å²) in [6.07, 6.45) is 2.06. The van der Waals surface area contributed by atoms with Crippen molar-refractivity contribution in [3.05, 3.63) is 18.0 Å². The van der Waals surface area contributed by atoms with Gasteiger partial charge in [0, 0.05) is 58.6 Å². The van der Waals surface area contributed by atoms with Gasteiger partial charge < -0.3 is 19.6 Å². The SMILES string of the molecule is CN(C)S(=O)(=O)C[C@@H]1CN(C(=O)c2cnc(N3CCOCC3)nc2)C[C@H]1O. The fraction of sp³-hybridized carbons (Fsp3) is 0.688. The molecule has 1 N–H and O–H groups in total. The third-order valence-corrected chi connectivity index (χ3v) is 6.82. The lowest BCUT2D eigenvalue weighted by atomic mass is 10.1. The molecule has 3 rings (SSSR count). The summed E-state index contributed by atoms with van der Waals surface area (Å²) in [5, 5.41) is 10.2. The van der Waals surface area contributed by atoms with E-state index in [0.717, 1.165) is 4.31 Å². The van der Waals surface area contributed by atoms with E-state index in [1.54, 1.807) is 0 Å². The van der Waals surface area contributed by atoms with E-state index >= 15 is 0 Å². The Labute approximate surface area is 158 Å².